The highest BCUT2D eigenvalue weighted by molar-refractivity contribution is 4.91. The lowest BCUT2D eigenvalue weighted by atomic mass is 9.92. The Hall–Kier alpha value is -0.120. The molecule has 2 fully saturated rings. The Kier molecular flexibility index (Phi) is 2.86. The zero-order valence-corrected chi connectivity index (χ0v) is 8.55. The minimum atomic E-state index is 0.587. The normalized spacial score (nSPS) is 39.5. The molecule has 2 unspecified atom stereocenters. The largest absolute Gasteiger partial charge is 0.378 e. The summed E-state index contributed by atoms with van der Waals surface area (Å²) in [6.07, 6.45) is 2.43. The van der Waals surface area contributed by atoms with E-state index in [1.165, 1.54) is 12.8 Å². The number of ether oxygens (including phenoxy) is 1. The van der Waals surface area contributed by atoms with E-state index < -0.39 is 0 Å². The summed E-state index contributed by atoms with van der Waals surface area (Å²) in [6, 6.07) is 2.47. The third kappa shape index (κ3) is 2.42. The van der Waals surface area contributed by atoms with E-state index in [0.29, 0.717) is 24.2 Å². The van der Waals surface area contributed by atoms with E-state index in [-0.39, 0.29) is 0 Å². The molecule has 2 bridgehead atoms. The molecule has 2 saturated heterocycles. The molecule has 0 saturated carbocycles. The van der Waals surface area contributed by atoms with Gasteiger partial charge in [-0.15, -0.1) is 0 Å². The third-order valence-corrected chi connectivity index (χ3v) is 2.82. The maximum Gasteiger partial charge on any atom is 0.0621 e. The van der Waals surface area contributed by atoms with Crippen LogP contribution in [0.1, 0.15) is 26.7 Å². The first-order chi connectivity index (χ1) is 6.24. The van der Waals surface area contributed by atoms with Gasteiger partial charge >= 0.3 is 0 Å². The van der Waals surface area contributed by atoms with E-state index in [2.05, 4.69) is 24.5 Å². The van der Waals surface area contributed by atoms with Crippen LogP contribution in [0, 0.1) is 0 Å². The van der Waals surface area contributed by atoms with Gasteiger partial charge in [0.2, 0.25) is 0 Å². The number of hydrogen-bond donors (Lipinski definition) is 2. The lowest BCUT2D eigenvalue weighted by Crippen LogP contribution is -2.58. The molecule has 2 aliphatic heterocycles. The van der Waals surface area contributed by atoms with E-state index in [1.54, 1.807) is 0 Å². The topological polar surface area (TPSA) is 33.3 Å². The SMILES string of the molecule is CC(C)NC1CC2COCC(C1)N2. The molecule has 3 nitrogen and oxygen atoms in total. The smallest absolute Gasteiger partial charge is 0.0621 e. The maximum absolute atomic E-state index is 5.50. The fourth-order valence-electron chi connectivity index (χ4n) is 2.44. The fraction of sp³-hybridized carbons (Fsp3) is 1.00. The van der Waals surface area contributed by atoms with Crippen molar-refractivity contribution in [2.45, 2.75) is 50.9 Å². The monoisotopic (exact) mass is 184 g/mol. The van der Waals surface area contributed by atoms with Crippen LogP contribution in [0.4, 0.5) is 0 Å². The average Bonchev–Trinajstić information content (AvgIpc) is 2.01. The number of fused-ring (bicyclic) bond motifs is 2. The number of hydrogen-bond acceptors (Lipinski definition) is 3. The Balaban J connectivity index is 1.86. The summed E-state index contributed by atoms with van der Waals surface area (Å²) >= 11 is 0. The molecule has 0 aliphatic carbocycles. The molecule has 0 aromatic heterocycles. The summed E-state index contributed by atoms with van der Waals surface area (Å²) in [5, 5.41) is 7.21. The van der Waals surface area contributed by atoms with Gasteiger partial charge in [-0.25, -0.2) is 0 Å². The Morgan fingerprint density at radius 1 is 1.23 bits per heavy atom. The first-order valence-electron chi connectivity index (χ1n) is 5.34. The predicted octanol–water partition coefficient (Wildman–Crippen LogP) is 0.504. The van der Waals surface area contributed by atoms with Gasteiger partial charge in [-0.2, -0.15) is 0 Å². The van der Waals surface area contributed by atoms with E-state index in [4.69, 9.17) is 4.74 Å². The van der Waals surface area contributed by atoms with Crippen LogP contribution in [0.3, 0.4) is 0 Å². The Bertz CT molecular complexity index is 160. The van der Waals surface area contributed by atoms with Crippen molar-refractivity contribution < 1.29 is 4.74 Å². The number of morpholine rings is 1. The van der Waals surface area contributed by atoms with E-state index in [1.807, 2.05) is 0 Å². The van der Waals surface area contributed by atoms with Crippen LogP contribution in [0.2, 0.25) is 0 Å². The number of nitrogens with one attached hydrogen (secondary N) is 2. The summed E-state index contributed by atoms with van der Waals surface area (Å²) in [5.74, 6) is 0. The van der Waals surface area contributed by atoms with E-state index >= 15 is 0 Å². The van der Waals surface area contributed by atoms with Crippen molar-refractivity contribution in [3.63, 3.8) is 0 Å². The van der Waals surface area contributed by atoms with Crippen LogP contribution in [0.25, 0.3) is 0 Å². The van der Waals surface area contributed by atoms with Gasteiger partial charge in [0.25, 0.3) is 0 Å². The van der Waals surface area contributed by atoms with Crippen molar-refractivity contribution in [1.29, 1.82) is 0 Å². The molecular weight excluding hydrogens is 164 g/mol. The van der Waals surface area contributed by atoms with Gasteiger partial charge in [0.05, 0.1) is 13.2 Å². The van der Waals surface area contributed by atoms with Crippen molar-refractivity contribution in [2.24, 2.45) is 0 Å². The maximum atomic E-state index is 5.50. The molecule has 3 heteroatoms. The Morgan fingerprint density at radius 2 is 1.85 bits per heavy atom. The zero-order valence-electron chi connectivity index (χ0n) is 8.55. The summed E-state index contributed by atoms with van der Waals surface area (Å²) in [7, 11) is 0. The van der Waals surface area contributed by atoms with Crippen molar-refractivity contribution in [3.05, 3.63) is 0 Å². The molecule has 0 radical (unpaired) electrons. The molecule has 0 aromatic rings. The van der Waals surface area contributed by atoms with Crippen LogP contribution in [0.15, 0.2) is 0 Å². The van der Waals surface area contributed by atoms with Gasteiger partial charge in [0, 0.05) is 24.2 Å². The van der Waals surface area contributed by atoms with Crippen LogP contribution in [0.5, 0.6) is 0 Å². The van der Waals surface area contributed by atoms with Crippen LogP contribution in [-0.4, -0.2) is 37.4 Å². The lowest BCUT2D eigenvalue weighted by molar-refractivity contribution is 0.0139. The fourth-order valence-corrected chi connectivity index (χ4v) is 2.44. The Labute approximate surface area is 80.2 Å². The molecule has 2 rings (SSSR count). The zero-order chi connectivity index (χ0) is 9.26. The molecule has 2 heterocycles. The Morgan fingerprint density at radius 3 is 2.38 bits per heavy atom. The van der Waals surface area contributed by atoms with Gasteiger partial charge in [-0.05, 0) is 12.8 Å². The number of piperidine rings is 1. The average molecular weight is 184 g/mol. The molecule has 0 spiro atoms. The van der Waals surface area contributed by atoms with Crippen molar-refractivity contribution >= 4 is 0 Å². The highest BCUT2D eigenvalue weighted by Crippen LogP contribution is 2.18. The minimum Gasteiger partial charge on any atom is -0.378 e. The predicted molar refractivity (Wildman–Crippen MR) is 52.8 cm³/mol. The molecular formula is C10H20N2O. The molecule has 2 aliphatic rings. The summed E-state index contributed by atoms with van der Waals surface area (Å²) in [6.45, 7) is 6.22. The van der Waals surface area contributed by atoms with Gasteiger partial charge in [0.15, 0.2) is 0 Å². The molecule has 2 N–H and O–H groups in total. The molecule has 2 atom stereocenters. The summed E-state index contributed by atoms with van der Waals surface area (Å²) in [5.41, 5.74) is 0. The van der Waals surface area contributed by atoms with Gasteiger partial charge < -0.3 is 15.4 Å². The second-order valence-corrected chi connectivity index (χ2v) is 4.59. The van der Waals surface area contributed by atoms with Gasteiger partial charge in [-0.3, -0.25) is 0 Å². The third-order valence-electron chi connectivity index (χ3n) is 2.82. The van der Waals surface area contributed by atoms with Crippen molar-refractivity contribution in [3.8, 4) is 0 Å². The lowest BCUT2D eigenvalue weighted by Gasteiger charge is -2.41. The first-order valence-corrected chi connectivity index (χ1v) is 5.34. The standard InChI is InChI=1S/C10H20N2O/c1-7(2)11-8-3-9-5-13-6-10(4-8)12-9/h7-12H,3-6H2,1-2H3. The first kappa shape index (κ1) is 9.44. The second kappa shape index (κ2) is 3.95. The highest BCUT2D eigenvalue weighted by atomic mass is 16.5. The quantitative estimate of drug-likeness (QED) is 0.656. The van der Waals surface area contributed by atoms with Crippen molar-refractivity contribution in [1.82, 2.24) is 10.6 Å². The summed E-state index contributed by atoms with van der Waals surface area (Å²) in [4.78, 5) is 0. The van der Waals surface area contributed by atoms with Gasteiger partial charge in [-0.1, -0.05) is 13.8 Å². The minimum absolute atomic E-state index is 0.587. The summed E-state index contributed by atoms with van der Waals surface area (Å²) < 4.78 is 5.50. The van der Waals surface area contributed by atoms with E-state index in [0.717, 1.165) is 13.2 Å². The molecule has 13 heavy (non-hydrogen) atoms. The molecule has 76 valence electrons. The number of rotatable bonds is 2. The van der Waals surface area contributed by atoms with Crippen molar-refractivity contribution in [2.75, 3.05) is 13.2 Å². The molecule has 0 aromatic carbocycles. The van der Waals surface area contributed by atoms with Crippen LogP contribution in [-0.2, 0) is 4.74 Å². The molecule has 0 amide bonds. The highest BCUT2D eigenvalue weighted by Gasteiger charge is 2.31. The van der Waals surface area contributed by atoms with E-state index in [9.17, 15) is 0 Å². The van der Waals surface area contributed by atoms with Crippen LogP contribution >= 0.6 is 0 Å². The van der Waals surface area contributed by atoms with Crippen LogP contribution < -0.4 is 10.6 Å². The second-order valence-electron chi connectivity index (χ2n) is 4.59. The van der Waals surface area contributed by atoms with Gasteiger partial charge in [0.1, 0.15) is 0 Å².